The van der Waals surface area contributed by atoms with Gasteiger partial charge in [-0.05, 0) is 33.4 Å². The molecule has 6 saturated heterocycles. The standard InChI is InChI=1S/C37H40O9S2.C26H28O3S.C11H12O6S.C9H18O9S2.C2H4O2.CH4/c38-48(39,40)46-32-24-44-37(31-19-11-4-12-20-31)45-33(32)26-47-27-34(42-22-29-15-7-2-8-16-29)36(43-23-30-17-9-3-10-18-30)35(47)25-41-21-28-13-5-1-6-14-28;1-4-10-21(11-5-1)16-27-19-25-26(29-18-23-14-8-3-9-15-23)24(20-30-25)28-17-22-12-6-2-7-13-22;12-18(13)15-7-9-10(17-18)6-14-11(16-9)8-4-2-1-3-5-8;10-1-7(18-20(15,16)17)5(12)3-19-4-6(13)9(14)8(19)2-11;1-2(3)4;/h1-20,32-37H,21-27H2;1-15,24-26H,16-20H2;1-5,9-11H,6-7H2;5-14H,1-4H2;1H3,(H,3,4);1H4/p+2/t32-,33+,34?,35+,36-,37?,47?;24-,25-,26+;9-,10?,11?;5-,6-,7+,8-,9+,19?;;/m1000../s1. The fraction of sp³-hybridized carbons (Fsp3) is 0.430. The number of hydrogen-bond acceptors (Lipinski definition) is 27. The first-order valence-corrected chi connectivity index (χ1v) is 47.0. The molecule has 6 heterocycles. The second kappa shape index (κ2) is 50.4. The molecule has 0 amide bonds. The van der Waals surface area contributed by atoms with Crippen LogP contribution < -0.4 is 0 Å². The third-order valence-electron chi connectivity index (χ3n) is 19.4. The Hall–Kier alpha value is -6.71. The number of rotatable bonds is 33. The van der Waals surface area contributed by atoms with Crippen molar-refractivity contribution in [3.63, 3.8) is 0 Å². The molecule has 0 spiro atoms. The van der Waals surface area contributed by atoms with Gasteiger partial charge >= 0.3 is 31.2 Å². The lowest BCUT2D eigenvalue weighted by Crippen LogP contribution is -2.49. The molecule has 6 unspecified atom stereocenters. The zero-order chi connectivity index (χ0) is 85.3. The van der Waals surface area contributed by atoms with Crippen LogP contribution in [-0.4, -0.2) is 235 Å². The second-order valence-corrected chi connectivity index (χ2v) is 37.7. The van der Waals surface area contributed by atoms with Crippen molar-refractivity contribution in [3.8, 4) is 0 Å². The van der Waals surface area contributed by atoms with Crippen molar-refractivity contribution in [2.45, 2.75) is 156 Å². The molecule has 0 bridgehead atoms. The molecular weight excluding hydrogens is 1690 g/mol. The zero-order valence-electron chi connectivity index (χ0n) is 65.7. The molecule has 0 aliphatic carbocycles. The Kier molecular flexibility index (Phi) is 40.9. The van der Waals surface area contributed by atoms with Crippen molar-refractivity contribution in [2.24, 2.45) is 0 Å². The summed E-state index contributed by atoms with van der Waals surface area (Å²) in [6.07, 6.45) is -9.67. The number of aliphatic hydroxyl groups excluding tert-OH is 5. The lowest BCUT2D eigenvalue weighted by atomic mass is 10.1. The van der Waals surface area contributed by atoms with E-state index in [2.05, 4.69) is 44.8 Å². The van der Waals surface area contributed by atoms with Gasteiger partial charge in [-0.1, -0.05) is 250 Å². The van der Waals surface area contributed by atoms with Gasteiger partial charge in [0.25, 0.3) is 5.97 Å². The molecule has 6 aliphatic heterocycles. The van der Waals surface area contributed by atoms with E-state index in [1.807, 2.05) is 218 Å². The summed E-state index contributed by atoms with van der Waals surface area (Å²) in [5, 5.41) is 54.0. The van der Waals surface area contributed by atoms with Crippen molar-refractivity contribution in [1.29, 1.82) is 0 Å². The molecule has 660 valence electrons. The van der Waals surface area contributed by atoms with E-state index in [0.29, 0.717) is 64.4 Å². The molecular formula is C86H108O29S6+2. The summed E-state index contributed by atoms with van der Waals surface area (Å²) < 4.78 is 166. The van der Waals surface area contributed by atoms with E-state index in [4.69, 9.17) is 80.4 Å². The topological polar surface area (TPSA) is 411 Å². The van der Waals surface area contributed by atoms with Crippen molar-refractivity contribution < 1.29 is 134 Å². The molecule has 0 aromatic heterocycles. The van der Waals surface area contributed by atoms with Crippen LogP contribution in [0.5, 0.6) is 0 Å². The maximum atomic E-state index is 11.9. The number of thioether (sulfide) groups is 1. The number of carbonyl (C=O) groups is 1. The molecule has 0 radical (unpaired) electrons. The average Bonchev–Trinajstić information content (AvgIpc) is 1.78. The van der Waals surface area contributed by atoms with Gasteiger partial charge in [-0.2, -0.15) is 37.0 Å². The lowest BCUT2D eigenvalue weighted by molar-refractivity contribution is -0.264. The van der Waals surface area contributed by atoms with E-state index in [1.54, 1.807) is 0 Å². The summed E-state index contributed by atoms with van der Waals surface area (Å²) in [4.78, 5) is 9.00. The Morgan fingerprint density at radius 2 is 0.950 bits per heavy atom. The highest BCUT2D eigenvalue weighted by Crippen LogP contribution is 2.38. The van der Waals surface area contributed by atoms with Crippen LogP contribution >= 0.6 is 11.8 Å². The van der Waals surface area contributed by atoms with Crippen LogP contribution in [0, 0.1) is 0 Å². The Morgan fingerprint density at radius 1 is 0.521 bits per heavy atom. The maximum Gasteiger partial charge on any atom is 0.400 e. The number of fused-ring (bicyclic) bond motifs is 1. The number of hydrogen-bond donors (Lipinski definition) is 8. The normalized spacial score (nSPS) is 26.5. The second-order valence-electron chi connectivity index (χ2n) is 28.3. The molecule has 19 atom stereocenters. The van der Waals surface area contributed by atoms with Crippen molar-refractivity contribution in [3.05, 3.63) is 287 Å². The highest BCUT2D eigenvalue weighted by Gasteiger charge is 2.56. The Labute approximate surface area is 717 Å². The molecule has 6 aliphatic rings. The van der Waals surface area contributed by atoms with Gasteiger partial charge in [0.15, 0.2) is 23.1 Å². The van der Waals surface area contributed by atoms with E-state index >= 15 is 0 Å². The summed E-state index contributed by atoms with van der Waals surface area (Å²) in [6, 6.07) is 79.9. The van der Waals surface area contributed by atoms with Crippen molar-refractivity contribution >= 4 is 70.7 Å². The van der Waals surface area contributed by atoms with Gasteiger partial charge in [-0.15, -0.1) is 0 Å². The first-order chi connectivity index (χ1) is 57.9. The van der Waals surface area contributed by atoms with Gasteiger partial charge in [0, 0.05) is 45.6 Å². The van der Waals surface area contributed by atoms with Gasteiger partial charge in [0.1, 0.15) is 84.1 Å². The molecule has 14 rings (SSSR count). The third kappa shape index (κ3) is 33.3. The number of carboxylic acids is 1. The highest BCUT2D eigenvalue weighted by molar-refractivity contribution is 8.00. The summed E-state index contributed by atoms with van der Waals surface area (Å²) in [7, 11) is -14.7. The lowest BCUT2D eigenvalue weighted by Gasteiger charge is -2.37. The quantitative estimate of drug-likeness (QED) is 0.0140. The monoisotopic (exact) mass is 1800 g/mol. The van der Waals surface area contributed by atoms with Crippen LogP contribution in [-0.2, 0) is 162 Å². The van der Waals surface area contributed by atoms with E-state index in [0.717, 1.165) is 40.5 Å². The minimum atomic E-state index is -4.82. The minimum Gasteiger partial charge on any atom is -0.481 e. The third-order valence-corrected chi connectivity index (χ3v) is 28.2. The fourth-order valence-electron chi connectivity index (χ4n) is 13.5. The Balaban J connectivity index is 0.000000194. The average molecular weight is 1800 g/mol. The minimum absolute atomic E-state index is 0. The van der Waals surface area contributed by atoms with Gasteiger partial charge < -0.3 is 78.0 Å². The van der Waals surface area contributed by atoms with Gasteiger partial charge in [0.2, 0.25) is 0 Å². The SMILES string of the molecule is C.CC(=O)O.O=S(=O)(O)O[C@@H]1COC(c2ccccc2)O[C@H]1C[S+]1CC(OCc2ccccc2)[C@@H](OCc2ccccc2)[C@@H]1COCc1ccccc1.O=S(=O)(O)O[C@H](CO)[C@@H](O)C[S+]1C[C@H](O)[C@@H](O)[C@@H]1CO.O=S1(=O)OC[C@@H]2OC(c3ccccc3)OCC2O1.c1ccc(COC[C@@H]2SC[C@H](OCc3ccccc3)[C@H]2OCc2ccccc2)cc1. The summed E-state index contributed by atoms with van der Waals surface area (Å²) in [5.74, 6) is 1.24. The summed E-state index contributed by atoms with van der Waals surface area (Å²) in [6.45, 7) is 4.04. The van der Waals surface area contributed by atoms with E-state index in [9.17, 15) is 45.1 Å². The van der Waals surface area contributed by atoms with E-state index in [-0.39, 0.29) is 73.7 Å². The first-order valence-electron chi connectivity index (χ1n) is 38.6. The first kappa shape index (κ1) is 98.1. The van der Waals surface area contributed by atoms with Gasteiger partial charge in [-0.3, -0.25) is 13.9 Å². The van der Waals surface area contributed by atoms with Crippen LogP contribution in [0.2, 0.25) is 0 Å². The van der Waals surface area contributed by atoms with Gasteiger partial charge in [-0.25, -0.2) is 16.7 Å². The molecule has 121 heavy (non-hydrogen) atoms. The maximum absolute atomic E-state index is 11.9. The largest absolute Gasteiger partial charge is 0.481 e. The molecule has 0 saturated carbocycles. The van der Waals surface area contributed by atoms with Gasteiger partial charge in [0.05, 0.1) is 103 Å². The fourth-order valence-corrected chi connectivity index (χ4v) is 22.3. The molecule has 8 N–H and O–H groups in total. The molecule has 6 fully saturated rings. The number of benzene rings is 8. The van der Waals surface area contributed by atoms with Crippen molar-refractivity contribution in [2.75, 3.05) is 75.0 Å². The number of carboxylic acid groups (broad SMARTS) is 1. The number of aliphatic hydroxyl groups is 5. The molecule has 29 nitrogen and oxygen atoms in total. The Morgan fingerprint density at radius 3 is 1.41 bits per heavy atom. The smallest absolute Gasteiger partial charge is 0.400 e. The van der Waals surface area contributed by atoms with Crippen LogP contribution in [0.15, 0.2) is 243 Å². The van der Waals surface area contributed by atoms with Crippen LogP contribution in [0.4, 0.5) is 0 Å². The molecule has 35 heteroatoms. The number of aliphatic carboxylic acids is 1. The van der Waals surface area contributed by atoms with Crippen LogP contribution in [0.25, 0.3) is 0 Å². The number of ether oxygens (including phenoxy) is 10. The van der Waals surface area contributed by atoms with Crippen molar-refractivity contribution in [1.82, 2.24) is 0 Å². The molecule has 8 aromatic rings. The van der Waals surface area contributed by atoms with E-state index < -0.39 is 139 Å². The van der Waals surface area contributed by atoms with Crippen LogP contribution in [0.1, 0.15) is 71.4 Å². The van der Waals surface area contributed by atoms with Crippen LogP contribution in [0.3, 0.4) is 0 Å². The van der Waals surface area contributed by atoms with E-state index in [1.165, 1.54) is 16.7 Å². The summed E-state index contributed by atoms with van der Waals surface area (Å²) >= 11 is 1.89. The predicted molar refractivity (Wildman–Crippen MR) is 455 cm³/mol. The Bertz CT molecular complexity index is 4580. The molecule has 8 aromatic carbocycles. The predicted octanol–water partition coefficient (Wildman–Crippen LogP) is 8.90. The highest BCUT2D eigenvalue weighted by atomic mass is 32.3. The summed E-state index contributed by atoms with van der Waals surface area (Å²) in [5.41, 5.74) is 8.42. The zero-order valence-corrected chi connectivity index (χ0v) is 70.6.